The predicted molar refractivity (Wildman–Crippen MR) is 120 cm³/mol. The van der Waals surface area contributed by atoms with Crippen LogP contribution in [0.3, 0.4) is 0 Å². The molecule has 0 unspecified atom stereocenters. The number of carbonyl (C=O) groups is 2. The number of amides is 2. The summed E-state index contributed by atoms with van der Waals surface area (Å²) in [6.07, 6.45) is 1.43. The molecule has 6 nitrogen and oxygen atoms in total. The minimum atomic E-state index is -0.377. The number of hydrogen-bond acceptors (Lipinski definition) is 4. The number of carbonyl (C=O) groups excluding carboxylic acids is 2. The Morgan fingerprint density at radius 3 is 2.23 bits per heavy atom. The minimum Gasteiger partial charge on any atom is -0.459 e. The second-order valence-electron chi connectivity index (χ2n) is 6.86. The summed E-state index contributed by atoms with van der Waals surface area (Å²) >= 11 is 0. The van der Waals surface area contributed by atoms with Crippen LogP contribution in [0.4, 0.5) is 11.4 Å². The van der Waals surface area contributed by atoms with Crippen LogP contribution in [0.2, 0.25) is 0 Å². The summed E-state index contributed by atoms with van der Waals surface area (Å²) in [5.74, 6) is -0.459. The van der Waals surface area contributed by atoms with Crippen LogP contribution in [0.15, 0.2) is 108 Å². The highest BCUT2D eigenvalue weighted by atomic mass is 16.3. The molecule has 0 spiro atoms. The second-order valence-corrected chi connectivity index (χ2v) is 6.86. The lowest BCUT2D eigenvalue weighted by Crippen LogP contribution is -2.42. The van der Waals surface area contributed by atoms with Gasteiger partial charge in [0.1, 0.15) is 0 Å². The van der Waals surface area contributed by atoms with Gasteiger partial charge in [0.2, 0.25) is 0 Å². The third-order valence-corrected chi connectivity index (χ3v) is 4.62. The van der Waals surface area contributed by atoms with E-state index in [0.717, 1.165) is 11.3 Å². The number of furan rings is 1. The molecule has 0 fully saturated rings. The first kappa shape index (κ1) is 20.0. The van der Waals surface area contributed by atoms with Gasteiger partial charge in [-0.25, -0.2) is 0 Å². The van der Waals surface area contributed by atoms with Crippen molar-refractivity contribution in [2.45, 2.75) is 6.54 Å². The maximum absolute atomic E-state index is 13.0. The fourth-order valence-corrected chi connectivity index (χ4v) is 3.10. The van der Waals surface area contributed by atoms with E-state index in [-0.39, 0.29) is 17.6 Å². The van der Waals surface area contributed by atoms with Crippen molar-refractivity contribution in [3.8, 4) is 0 Å². The van der Waals surface area contributed by atoms with E-state index >= 15 is 0 Å². The van der Waals surface area contributed by atoms with Gasteiger partial charge >= 0.3 is 0 Å². The molecule has 0 bridgehead atoms. The van der Waals surface area contributed by atoms with Crippen LogP contribution < -0.4 is 15.8 Å². The predicted octanol–water partition coefficient (Wildman–Crippen LogP) is 4.88. The molecule has 0 atom stereocenters. The highest BCUT2D eigenvalue weighted by molar-refractivity contribution is 6.03. The first-order valence-electron chi connectivity index (χ1n) is 9.81. The van der Waals surface area contributed by atoms with Crippen LogP contribution in [-0.2, 0) is 6.54 Å². The fraction of sp³-hybridized carbons (Fsp3) is 0.0400. The van der Waals surface area contributed by atoms with Crippen molar-refractivity contribution < 1.29 is 14.0 Å². The van der Waals surface area contributed by atoms with Crippen LogP contribution in [0.1, 0.15) is 26.5 Å². The molecule has 1 aromatic heterocycles. The van der Waals surface area contributed by atoms with Crippen LogP contribution in [-0.4, -0.2) is 11.8 Å². The highest BCUT2D eigenvalue weighted by Crippen LogP contribution is 2.17. The molecule has 31 heavy (non-hydrogen) atoms. The Hall–Kier alpha value is -4.32. The molecule has 1 heterocycles. The molecular formula is C25H21N3O3. The number of rotatable bonds is 7. The Kier molecular flexibility index (Phi) is 6.09. The van der Waals surface area contributed by atoms with Crippen LogP contribution in [0.5, 0.6) is 0 Å². The van der Waals surface area contributed by atoms with E-state index in [2.05, 4.69) is 10.7 Å². The van der Waals surface area contributed by atoms with Crippen molar-refractivity contribution in [3.05, 3.63) is 120 Å². The molecule has 6 heteroatoms. The van der Waals surface area contributed by atoms with E-state index in [1.54, 1.807) is 41.4 Å². The maximum atomic E-state index is 13.0. The van der Waals surface area contributed by atoms with Gasteiger partial charge in [-0.3, -0.25) is 20.0 Å². The number of nitrogens with one attached hydrogen (secondary N) is 2. The van der Waals surface area contributed by atoms with Crippen LogP contribution in [0.25, 0.3) is 0 Å². The molecule has 0 aliphatic rings. The molecule has 3 aromatic carbocycles. The number of para-hydroxylation sites is 1. The Balaban J connectivity index is 1.51. The number of nitrogens with zero attached hydrogens (tertiary/aromatic N) is 1. The first-order valence-corrected chi connectivity index (χ1v) is 9.81. The van der Waals surface area contributed by atoms with E-state index in [4.69, 9.17) is 4.42 Å². The molecule has 0 aliphatic heterocycles. The molecule has 0 radical (unpaired) electrons. The van der Waals surface area contributed by atoms with E-state index in [1.807, 2.05) is 60.7 Å². The summed E-state index contributed by atoms with van der Waals surface area (Å²) in [4.78, 5) is 25.2. The van der Waals surface area contributed by atoms with Crippen molar-refractivity contribution in [2.75, 3.05) is 10.3 Å². The lowest BCUT2D eigenvalue weighted by atomic mass is 10.2. The summed E-state index contributed by atoms with van der Waals surface area (Å²) in [6, 6.07) is 29.5. The quantitative estimate of drug-likeness (QED) is 0.425. The zero-order valence-electron chi connectivity index (χ0n) is 16.7. The number of hydrogen-bond donors (Lipinski definition) is 2. The Bertz CT molecular complexity index is 1140. The third kappa shape index (κ3) is 5.19. The molecule has 2 amide bonds. The minimum absolute atomic E-state index is 0.202. The normalized spacial score (nSPS) is 10.3. The Morgan fingerprint density at radius 1 is 0.774 bits per heavy atom. The molecule has 154 valence electrons. The molecule has 0 aliphatic carbocycles. The monoisotopic (exact) mass is 411 g/mol. The lowest BCUT2D eigenvalue weighted by molar-refractivity contribution is 0.0946. The molecule has 4 aromatic rings. The zero-order chi connectivity index (χ0) is 21.5. The largest absolute Gasteiger partial charge is 0.459 e. The topological polar surface area (TPSA) is 74.6 Å². The molecule has 0 saturated carbocycles. The van der Waals surface area contributed by atoms with Crippen LogP contribution in [0, 0.1) is 0 Å². The fourth-order valence-electron chi connectivity index (χ4n) is 3.10. The van der Waals surface area contributed by atoms with E-state index in [9.17, 15) is 9.59 Å². The lowest BCUT2D eigenvalue weighted by Gasteiger charge is -2.25. The van der Waals surface area contributed by atoms with Crippen molar-refractivity contribution in [1.82, 2.24) is 5.43 Å². The van der Waals surface area contributed by atoms with Crippen LogP contribution >= 0.6 is 0 Å². The SMILES string of the molecule is O=C(NN(Cc1ccccc1)c1ccccc1)c1cccc(NC(=O)c2ccco2)c1. The summed E-state index contributed by atoms with van der Waals surface area (Å²) < 4.78 is 5.11. The first-order chi connectivity index (χ1) is 15.2. The summed E-state index contributed by atoms with van der Waals surface area (Å²) in [5.41, 5.74) is 5.82. The average molecular weight is 411 g/mol. The molecular weight excluding hydrogens is 390 g/mol. The standard InChI is InChI=1S/C25H21N3O3/c29-24(20-11-7-12-21(17-20)26-25(30)23-15-8-16-31-23)27-28(22-13-5-2-6-14-22)18-19-9-3-1-4-10-19/h1-17H,18H2,(H,26,30)(H,27,29). The van der Waals surface area contributed by atoms with Gasteiger partial charge in [-0.2, -0.15) is 0 Å². The van der Waals surface area contributed by atoms with Gasteiger partial charge in [0.15, 0.2) is 5.76 Å². The van der Waals surface area contributed by atoms with Crippen molar-refractivity contribution in [1.29, 1.82) is 0 Å². The number of anilines is 2. The van der Waals surface area contributed by atoms with E-state index < -0.39 is 0 Å². The van der Waals surface area contributed by atoms with Crippen molar-refractivity contribution >= 4 is 23.2 Å². The summed E-state index contributed by atoms with van der Waals surface area (Å²) in [5, 5.41) is 4.54. The van der Waals surface area contributed by atoms with E-state index in [1.165, 1.54) is 6.26 Å². The van der Waals surface area contributed by atoms with Gasteiger partial charge in [-0.05, 0) is 48.0 Å². The Labute approximate surface area is 180 Å². The van der Waals surface area contributed by atoms with Gasteiger partial charge < -0.3 is 9.73 Å². The molecule has 4 rings (SSSR count). The van der Waals surface area contributed by atoms with Gasteiger partial charge in [-0.1, -0.05) is 54.6 Å². The van der Waals surface area contributed by atoms with Gasteiger partial charge in [0, 0.05) is 11.3 Å². The number of benzene rings is 3. The summed E-state index contributed by atoms with van der Waals surface area (Å²) in [7, 11) is 0. The van der Waals surface area contributed by atoms with Gasteiger partial charge in [0.25, 0.3) is 11.8 Å². The molecule has 0 saturated heterocycles. The van der Waals surface area contributed by atoms with Crippen molar-refractivity contribution in [2.24, 2.45) is 0 Å². The Morgan fingerprint density at radius 2 is 1.52 bits per heavy atom. The smallest absolute Gasteiger partial charge is 0.291 e. The molecule has 2 N–H and O–H groups in total. The average Bonchev–Trinajstić information content (AvgIpc) is 3.35. The maximum Gasteiger partial charge on any atom is 0.291 e. The third-order valence-electron chi connectivity index (χ3n) is 4.62. The number of hydrazine groups is 1. The second kappa shape index (κ2) is 9.45. The van der Waals surface area contributed by atoms with E-state index in [0.29, 0.717) is 17.8 Å². The van der Waals surface area contributed by atoms with Gasteiger partial charge in [-0.15, -0.1) is 0 Å². The highest BCUT2D eigenvalue weighted by Gasteiger charge is 2.14. The summed E-state index contributed by atoms with van der Waals surface area (Å²) in [6.45, 7) is 0.505. The zero-order valence-corrected chi connectivity index (χ0v) is 16.7. The van der Waals surface area contributed by atoms with Gasteiger partial charge in [0.05, 0.1) is 18.5 Å². The van der Waals surface area contributed by atoms with Crippen molar-refractivity contribution in [3.63, 3.8) is 0 Å².